The van der Waals surface area contributed by atoms with E-state index < -0.39 is 35.2 Å². The molecule has 0 spiro atoms. The van der Waals surface area contributed by atoms with E-state index in [0.717, 1.165) is 6.92 Å². The Morgan fingerprint density at radius 3 is 2.04 bits per heavy atom. The molecule has 1 amide bonds. The minimum absolute atomic E-state index is 0.0462. The van der Waals surface area contributed by atoms with Crippen molar-refractivity contribution in [1.82, 2.24) is 10.5 Å². The molecule has 152 valence electrons. The van der Waals surface area contributed by atoms with Crippen LogP contribution in [0.2, 0.25) is 0 Å². The van der Waals surface area contributed by atoms with Gasteiger partial charge in [0.25, 0.3) is 5.88 Å². The molecule has 0 aromatic carbocycles. The van der Waals surface area contributed by atoms with Crippen LogP contribution >= 0.6 is 0 Å². The van der Waals surface area contributed by atoms with E-state index in [-0.39, 0.29) is 30.4 Å². The molecule has 1 heterocycles. The lowest BCUT2D eigenvalue weighted by Crippen LogP contribution is -2.62. The zero-order valence-electron chi connectivity index (χ0n) is 17.8. The van der Waals surface area contributed by atoms with Crippen LogP contribution in [0.25, 0.3) is 0 Å². The summed E-state index contributed by atoms with van der Waals surface area (Å²) in [4.78, 5) is 37.6. The lowest BCUT2D eigenvalue weighted by Gasteiger charge is -2.30. The fourth-order valence-corrected chi connectivity index (χ4v) is 2.42. The van der Waals surface area contributed by atoms with E-state index in [0.29, 0.717) is 0 Å². The molecule has 0 bridgehead atoms. The maximum atomic E-state index is 12.9. The highest BCUT2D eigenvalue weighted by molar-refractivity contribution is 6.08. The minimum atomic E-state index is -2.46. The van der Waals surface area contributed by atoms with Crippen LogP contribution in [0.15, 0.2) is 4.52 Å². The summed E-state index contributed by atoms with van der Waals surface area (Å²) >= 11 is 0. The van der Waals surface area contributed by atoms with Crippen molar-refractivity contribution in [1.29, 1.82) is 0 Å². The third-order valence-electron chi connectivity index (χ3n) is 3.50. The minimum Gasteiger partial charge on any atom is -0.479 e. The average molecular weight is 386 g/mol. The first-order valence-corrected chi connectivity index (χ1v) is 8.56. The van der Waals surface area contributed by atoms with Crippen LogP contribution in [0, 0.1) is 0 Å². The second kappa shape index (κ2) is 8.88. The van der Waals surface area contributed by atoms with Crippen molar-refractivity contribution in [3.05, 3.63) is 11.3 Å². The highest BCUT2D eigenvalue weighted by Gasteiger charge is 2.52. The second-order valence-electron chi connectivity index (χ2n) is 6.76. The second-order valence-corrected chi connectivity index (χ2v) is 6.76. The maximum absolute atomic E-state index is 12.9. The number of methoxy groups -OCH3 is 1. The van der Waals surface area contributed by atoms with Gasteiger partial charge < -0.3 is 24.1 Å². The first kappa shape index (κ1) is 20.7. The molecule has 0 unspecified atom stereocenters. The summed E-state index contributed by atoms with van der Waals surface area (Å²) in [6, 6.07) is 0. The van der Waals surface area contributed by atoms with Gasteiger partial charge in [0, 0.05) is 20.1 Å². The zero-order chi connectivity index (χ0) is 21.7. The Bertz CT molecular complexity index is 706. The zero-order valence-corrected chi connectivity index (χ0v) is 16.8. The number of esters is 2. The molecule has 0 fully saturated rings. The Morgan fingerprint density at radius 1 is 1.15 bits per heavy atom. The lowest BCUT2D eigenvalue weighted by atomic mass is 9.84. The van der Waals surface area contributed by atoms with Crippen molar-refractivity contribution in [2.45, 2.75) is 58.9 Å². The van der Waals surface area contributed by atoms with E-state index in [2.05, 4.69) is 10.5 Å². The summed E-state index contributed by atoms with van der Waals surface area (Å²) in [5.41, 5.74) is -3.05. The standard InChI is InChI=1S/C18H28N2O7/c1-8-25-15(22)18(19-11(3)21,16(23)26-9-2)10-12-13(17(4,5)6)27-20-14(12)24-7/h8-10H2,1-7H3,(H,19,21)/i10T/t10-/m1/s1. The van der Waals surface area contributed by atoms with Crippen LogP contribution in [0.3, 0.4) is 0 Å². The highest BCUT2D eigenvalue weighted by Crippen LogP contribution is 2.35. The van der Waals surface area contributed by atoms with E-state index >= 15 is 0 Å². The van der Waals surface area contributed by atoms with Gasteiger partial charge in [-0.15, -0.1) is 0 Å². The van der Waals surface area contributed by atoms with Gasteiger partial charge in [-0.1, -0.05) is 20.8 Å². The number of hydrogen-bond acceptors (Lipinski definition) is 8. The van der Waals surface area contributed by atoms with E-state index in [1.165, 1.54) is 7.11 Å². The molecule has 27 heavy (non-hydrogen) atoms. The largest absolute Gasteiger partial charge is 0.479 e. The number of rotatable bonds is 8. The molecule has 1 rings (SSSR count). The lowest BCUT2D eigenvalue weighted by molar-refractivity contribution is -0.168. The monoisotopic (exact) mass is 386 g/mol. The molecule has 0 aliphatic rings. The summed E-state index contributed by atoms with van der Waals surface area (Å²) in [6.07, 6.45) is -1.70. The van der Waals surface area contributed by atoms with Gasteiger partial charge in [-0.25, -0.2) is 9.59 Å². The summed E-state index contributed by atoms with van der Waals surface area (Å²) in [5, 5.41) is 6.07. The van der Waals surface area contributed by atoms with Crippen LogP contribution in [0.5, 0.6) is 5.88 Å². The number of nitrogens with zero attached hydrogens (tertiary/aromatic N) is 1. The molecule has 9 heteroatoms. The Balaban J connectivity index is 3.78. The number of amides is 1. The Labute approximate surface area is 160 Å². The number of carbonyl (C=O) groups is 3. The Kier molecular flexibility index (Phi) is 6.81. The van der Waals surface area contributed by atoms with Crippen LogP contribution in [-0.4, -0.2) is 48.9 Å². The Morgan fingerprint density at radius 2 is 1.67 bits per heavy atom. The molecule has 0 aliphatic heterocycles. The van der Waals surface area contributed by atoms with E-state index in [1.54, 1.807) is 34.6 Å². The molecular weight excluding hydrogens is 356 g/mol. The van der Waals surface area contributed by atoms with Crippen LogP contribution in [-0.2, 0) is 35.7 Å². The van der Waals surface area contributed by atoms with Gasteiger partial charge in [0.05, 0.1) is 25.9 Å². The van der Waals surface area contributed by atoms with Crippen molar-refractivity contribution >= 4 is 17.8 Å². The predicted octanol–water partition coefficient (Wildman–Crippen LogP) is 1.52. The van der Waals surface area contributed by atoms with Crippen molar-refractivity contribution in [3.63, 3.8) is 0 Å². The predicted molar refractivity (Wildman–Crippen MR) is 95.3 cm³/mol. The van der Waals surface area contributed by atoms with Gasteiger partial charge in [0.1, 0.15) is 5.76 Å². The molecular formula is C18H28N2O7. The Hall–Kier alpha value is -2.58. The topological polar surface area (TPSA) is 117 Å². The molecule has 0 aliphatic carbocycles. The van der Waals surface area contributed by atoms with E-state index in [1.807, 2.05) is 0 Å². The molecule has 0 radical (unpaired) electrons. The van der Waals surface area contributed by atoms with Crippen molar-refractivity contribution < 1.29 is 34.5 Å². The molecule has 1 aromatic rings. The molecule has 9 nitrogen and oxygen atoms in total. The van der Waals surface area contributed by atoms with Gasteiger partial charge in [-0.3, -0.25) is 4.79 Å². The summed E-state index contributed by atoms with van der Waals surface area (Å²) in [5.74, 6) is -2.80. The smallest absolute Gasteiger partial charge is 0.344 e. The summed E-state index contributed by atoms with van der Waals surface area (Å²) < 4.78 is 29.4. The fourth-order valence-electron chi connectivity index (χ4n) is 2.42. The van der Waals surface area contributed by atoms with Crippen molar-refractivity contribution in [2.75, 3.05) is 20.3 Å². The SMILES string of the molecule is [3H][C@H](c1c(OC)noc1C(C)(C)C)C(NC(C)=O)(C(=O)OCC)C(=O)OCC. The van der Waals surface area contributed by atoms with E-state index in [9.17, 15) is 14.4 Å². The summed E-state index contributed by atoms with van der Waals surface area (Å²) in [7, 11) is 1.31. The average Bonchev–Trinajstić information content (AvgIpc) is 3.03. The third kappa shape index (κ3) is 4.99. The van der Waals surface area contributed by atoms with Gasteiger partial charge >= 0.3 is 11.9 Å². The molecule has 1 aromatic heterocycles. The van der Waals surface area contributed by atoms with Gasteiger partial charge in [0.15, 0.2) is 0 Å². The van der Waals surface area contributed by atoms with Crippen molar-refractivity contribution in [3.8, 4) is 5.88 Å². The fraction of sp³-hybridized carbons (Fsp3) is 0.667. The first-order valence-electron chi connectivity index (χ1n) is 9.14. The van der Waals surface area contributed by atoms with Gasteiger partial charge in [0.2, 0.25) is 11.4 Å². The number of aromatic nitrogens is 1. The number of hydrogen-bond donors (Lipinski definition) is 1. The first-order chi connectivity index (χ1) is 13.0. The maximum Gasteiger partial charge on any atom is 0.344 e. The van der Waals surface area contributed by atoms with Gasteiger partial charge in [-0.2, -0.15) is 0 Å². The van der Waals surface area contributed by atoms with E-state index in [4.69, 9.17) is 20.1 Å². The van der Waals surface area contributed by atoms with Crippen LogP contribution in [0.4, 0.5) is 0 Å². The number of carbonyl (C=O) groups excluding carboxylic acids is 3. The summed E-state index contributed by atoms with van der Waals surface area (Å²) in [6.45, 7) is 9.48. The van der Waals surface area contributed by atoms with Crippen LogP contribution in [0.1, 0.15) is 54.2 Å². The normalized spacial score (nSPS) is 13.4. The van der Waals surface area contributed by atoms with Gasteiger partial charge in [-0.05, 0) is 19.0 Å². The molecule has 0 saturated heterocycles. The molecule has 0 saturated carbocycles. The van der Waals surface area contributed by atoms with Crippen LogP contribution < -0.4 is 10.1 Å². The molecule has 1 N–H and O–H groups in total. The van der Waals surface area contributed by atoms with Crippen molar-refractivity contribution in [2.24, 2.45) is 0 Å². The number of ether oxygens (including phenoxy) is 3. The third-order valence-corrected chi connectivity index (χ3v) is 3.50. The molecule has 1 atom stereocenters. The highest BCUT2D eigenvalue weighted by atomic mass is 16.6. The number of nitrogens with one attached hydrogen (secondary N) is 1. The quantitative estimate of drug-likeness (QED) is 0.528.